The van der Waals surface area contributed by atoms with Gasteiger partial charge in [-0.2, -0.15) is 0 Å². The number of fused-ring (bicyclic) bond motifs is 1. The van der Waals surface area contributed by atoms with Gasteiger partial charge in [-0.15, -0.1) is 0 Å². The summed E-state index contributed by atoms with van der Waals surface area (Å²) in [6, 6.07) is 18.0. The van der Waals surface area contributed by atoms with Crippen molar-refractivity contribution in [3.05, 3.63) is 87.7 Å². The monoisotopic (exact) mass is 407 g/mol. The lowest BCUT2D eigenvalue weighted by molar-refractivity contribution is -0.402. The first-order valence-corrected chi connectivity index (χ1v) is 9.87. The van der Waals surface area contributed by atoms with Crippen LogP contribution in [0.25, 0.3) is 10.2 Å². The number of para-hydroxylation sites is 1. The number of hydrogen-bond donors (Lipinski definition) is 0. The van der Waals surface area contributed by atoms with E-state index in [0.717, 1.165) is 27.8 Å². The maximum absolute atomic E-state index is 13.2. The van der Waals surface area contributed by atoms with E-state index in [2.05, 4.69) is 6.92 Å². The number of benzene rings is 2. The second kappa shape index (κ2) is 7.84. The minimum absolute atomic E-state index is 0.0948. The Hall–Kier alpha value is -3.52. The molecular formula is C21H17N3O4S. The molecule has 0 aliphatic rings. The Balaban J connectivity index is 1.77. The SMILES string of the molecule is CCc1cccc2sc(N(Cc3ccccc3)C(=O)c3ccc([N+](=O)[O-])o3)nc12. The van der Waals surface area contributed by atoms with E-state index in [1.807, 2.05) is 48.5 Å². The Bertz CT molecular complexity index is 1180. The van der Waals surface area contributed by atoms with E-state index >= 15 is 0 Å². The first-order chi connectivity index (χ1) is 14.1. The van der Waals surface area contributed by atoms with Crippen LogP contribution < -0.4 is 4.90 Å². The van der Waals surface area contributed by atoms with Gasteiger partial charge >= 0.3 is 5.88 Å². The van der Waals surface area contributed by atoms with Crippen molar-refractivity contribution < 1.29 is 14.1 Å². The van der Waals surface area contributed by atoms with Gasteiger partial charge in [-0.25, -0.2) is 4.98 Å². The van der Waals surface area contributed by atoms with E-state index in [9.17, 15) is 14.9 Å². The van der Waals surface area contributed by atoms with Crippen LogP contribution in [0.4, 0.5) is 11.0 Å². The number of carbonyl (C=O) groups is 1. The molecule has 2 aromatic heterocycles. The fraction of sp³-hybridized carbons (Fsp3) is 0.143. The number of hydrogen-bond acceptors (Lipinski definition) is 6. The van der Waals surface area contributed by atoms with Crippen molar-refractivity contribution in [2.45, 2.75) is 19.9 Å². The Morgan fingerprint density at radius 1 is 1.14 bits per heavy atom. The van der Waals surface area contributed by atoms with Crippen LogP contribution in [0.15, 0.2) is 65.1 Å². The quantitative estimate of drug-likeness (QED) is 0.323. The summed E-state index contributed by atoms with van der Waals surface area (Å²) in [6.07, 6.45) is 0.831. The van der Waals surface area contributed by atoms with Crippen molar-refractivity contribution in [1.29, 1.82) is 0 Å². The minimum Gasteiger partial charge on any atom is -0.395 e. The first kappa shape index (κ1) is 18.8. The third-order valence-corrected chi connectivity index (χ3v) is 5.56. The summed E-state index contributed by atoms with van der Waals surface area (Å²) < 4.78 is 6.13. The first-order valence-electron chi connectivity index (χ1n) is 9.05. The molecule has 2 heterocycles. The molecule has 0 fully saturated rings. The third-order valence-electron chi connectivity index (χ3n) is 4.51. The van der Waals surface area contributed by atoms with Crippen molar-refractivity contribution in [2.24, 2.45) is 0 Å². The molecule has 0 aliphatic carbocycles. The zero-order chi connectivity index (χ0) is 20.4. The van der Waals surface area contributed by atoms with Crippen LogP contribution in [-0.4, -0.2) is 15.8 Å². The van der Waals surface area contributed by atoms with Crippen LogP contribution in [0, 0.1) is 10.1 Å². The number of thiazole rings is 1. The lowest BCUT2D eigenvalue weighted by atomic mass is 10.1. The second-order valence-corrected chi connectivity index (χ2v) is 7.39. The summed E-state index contributed by atoms with van der Waals surface area (Å²) in [5.41, 5.74) is 2.88. The Morgan fingerprint density at radius 2 is 1.93 bits per heavy atom. The van der Waals surface area contributed by atoms with E-state index in [-0.39, 0.29) is 12.3 Å². The summed E-state index contributed by atoms with van der Waals surface area (Å²) in [5.74, 6) is -1.03. The van der Waals surface area contributed by atoms with Crippen LogP contribution >= 0.6 is 11.3 Å². The molecule has 2 aromatic carbocycles. The van der Waals surface area contributed by atoms with Crippen LogP contribution in [0.2, 0.25) is 0 Å². The summed E-state index contributed by atoms with van der Waals surface area (Å²) in [7, 11) is 0. The fourth-order valence-corrected chi connectivity index (χ4v) is 4.07. The van der Waals surface area contributed by atoms with Gasteiger partial charge in [-0.05, 0) is 29.7 Å². The molecule has 0 unspecified atom stereocenters. The maximum Gasteiger partial charge on any atom is 0.433 e. The number of furan rings is 1. The molecule has 29 heavy (non-hydrogen) atoms. The molecule has 7 nitrogen and oxygen atoms in total. The van der Waals surface area contributed by atoms with E-state index in [1.54, 1.807) is 0 Å². The van der Waals surface area contributed by atoms with Gasteiger partial charge in [0.1, 0.15) is 4.92 Å². The molecule has 4 aromatic rings. The number of nitro groups is 1. The normalized spacial score (nSPS) is 10.9. The summed E-state index contributed by atoms with van der Waals surface area (Å²) >= 11 is 1.41. The molecule has 0 radical (unpaired) electrons. The van der Waals surface area contributed by atoms with Gasteiger partial charge in [0, 0.05) is 0 Å². The van der Waals surface area contributed by atoms with Gasteiger partial charge in [0.2, 0.25) is 0 Å². The van der Waals surface area contributed by atoms with Crippen molar-refractivity contribution in [3.63, 3.8) is 0 Å². The molecule has 1 amide bonds. The molecule has 8 heteroatoms. The largest absolute Gasteiger partial charge is 0.433 e. The van der Waals surface area contributed by atoms with Gasteiger partial charge < -0.3 is 4.42 Å². The van der Waals surface area contributed by atoms with Gasteiger partial charge in [-0.3, -0.25) is 19.8 Å². The highest BCUT2D eigenvalue weighted by atomic mass is 32.1. The minimum atomic E-state index is -0.663. The Labute approximate surface area is 170 Å². The zero-order valence-electron chi connectivity index (χ0n) is 15.6. The lowest BCUT2D eigenvalue weighted by Gasteiger charge is -2.18. The number of nitrogens with zero attached hydrogens (tertiary/aromatic N) is 3. The van der Waals surface area contributed by atoms with Crippen LogP contribution in [0.1, 0.15) is 28.6 Å². The molecule has 0 saturated heterocycles. The highest BCUT2D eigenvalue weighted by Crippen LogP contribution is 2.33. The smallest absolute Gasteiger partial charge is 0.395 e. The highest BCUT2D eigenvalue weighted by Gasteiger charge is 2.26. The van der Waals surface area contributed by atoms with Crippen LogP contribution in [0.5, 0.6) is 0 Å². The van der Waals surface area contributed by atoms with E-state index < -0.39 is 16.7 Å². The molecule has 0 saturated carbocycles. The molecule has 0 bridgehead atoms. The van der Waals surface area contributed by atoms with Crippen molar-refractivity contribution in [3.8, 4) is 0 Å². The lowest BCUT2D eigenvalue weighted by Crippen LogP contribution is -2.30. The second-order valence-electron chi connectivity index (χ2n) is 6.39. The standard InChI is InChI=1S/C21H17N3O4S/c1-2-15-9-6-10-17-19(15)22-21(29-17)23(13-14-7-4-3-5-8-14)20(25)16-11-12-18(28-16)24(26)27/h3-12H,2,13H2,1H3. The molecule has 4 rings (SSSR count). The molecule has 0 spiro atoms. The number of aromatic nitrogens is 1. The van der Waals surface area contributed by atoms with Crippen LogP contribution in [0.3, 0.4) is 0 Å². The predicted octanol–water partition coefficient (Wildman–Crippen LogP) is 5.21. The number of rotatable bonds is 6. The van der Waals surface area contributed by atoms with E-state index in [1.165, 1.54) is 28.4 Å². The fourth-order valence-electron chi connectivity index (χ4n) is 3.06. The van der Waals surface area contributed by atoms with Crippen molar-refractivity contribution in [2.75, 3.05) is 4.90 Å². The van der Waals surface area contributed by atoms with Crippen molar-refractivity contribution >= 4 is 38.5 Å². The number of aryl methyl sites for hydroxylation is 1. The topological polar surface area (TPSA) is 89.5 Å². The Morgan fingerprint density at radius 3 is 2.62 bits per heavy atom. The molecular weight excluding hydrogens is 390 g/mol. The molecule has 0 aliphatic heterocycles. The predicted molar refractivity (Wildman–Crippen MR) is 111 cm³/mol. The summed E-state index contributed by atoms with van der Waals surface area (Å²) in [5, 5.41) is 11.5. The summed E-state index contributed by atoms with van der Waals surface area (Å²) in [6.45, 7) is 2.33. The molecule has 146 valence electrons. The number of anilines is 1. The zero-order valence-corrected chi connectivity index (χ0v) is 16.4. The summed E-state index contributed by atoms with van der Waals surface area (Å²) in [4.78, 5) is 29.7. The Kier molecular flexibility index (Phi) is 5.09. The van der Waals surface area contributed by atoms with E-state index in [4.69, 9.17) is 9.40 Å². The average Bonchev–Trinajstić information content (AvgIpc) is 3.39. The van der Waals surface area contributed by atoms with Gasteiger partial charge in [0.05, 0.1) is 22.8 Å². The molecule has 0 N–H and O–H groups in total. The third kappa shape index (κ3) is 3.74. The van der Waals surface area contributed by atoms with E-state index in [0.29, 0.717) is 5.13 Å². The van der Waals surface area contributed by atoms with Gasteiger partial charge in [0.15, 0.2) is 10.9 Å². The average molecular weight is 407 g/mol. The van der Waals surface area contributed by atoms with Crippen molar-refractivity contribution in [1.82, 2.24) is 4.98 Å². The highest BCUT2D eigenvalue weighted by molar-refractivity contribution is 7.22. The van der Waals surface area contributed by atoms with Gasteiger partial charge in [-0.1, -0.05) is 60.7 Å². The maximum atomic E-state index is 13.2. The number of amides is 1. The van der Waals surface area contributed by atoms with Gasteiger partial charge in [0.25, 0.3) is 5.91 Å². The van der Waals surface area contributed by atoms with Crippen LogP contribution in [-0.2, 0) is 13.0 Å². The molecule has 0 atom stereocenters. The number of carbonyl (C=O) groups excluding carboxylic acids is 1.